The second-order valence-corrected chi connectivity index (χ2v) is 5.27. The molecule has 1 atom stereocenters. The van der Waals surface area contributed by atoms with Crippen molar-refractivity contribution in [3.8, 4) is 11.3 Å². The van der Waals surface area contributed by atoms with Crippen molar-refractivity contribution in [1.29, 1.82) is 0 Å². The monoisotopic (exact) mass is 264 g/mol. The minimum Gasteiger partial charge on any atom is -0.330 e. The van der Waals surface area contributed by atoms with Crippen molar-refractivity contribution in [2.45, 2.75) is 26.2 Å². The first-order valence-electron chi connectivity index (χ1n) is 6.07. The second-order valence-electron chi connectivity index (χ2n) is 4.38. The van der Waals surface area contributed by atoms with E-state index in [9.17, 15) is 4.39 Å². The van der Waals surface area contributed by atoms with Gasteiger partial charge in [0.05, 0.1) is 10.7 Å². The number of aryl methyl sites for hydroxylation is 1. The van der Waals surface area contributed by atoms with Crippen LogP contribution in [0.2, 0.25) is 0 Å². The van der Waals surface area contributed by atoms with Crippen LogP contribution in [0.15, 0.2) is 23.6 Å². The van der Waals surface area contributed by atoms with Gasteiger partial charge in [-0.15, -0.1) is 11.3 Å². The van der Waals surface area contributed by atoms with Crippen molar-refractivity contribution in [2.75, 3.05) is 6.54 Å². The summed E-state index contributed by atoms with van der Waals surface area (Å²) in [4.78, 5) is 4.61. The van der Waals surface area contributed by atoms with Gasteiger partial charge in [-0.3, -0.25) is 0 Å². The number of nitrogens with two attached hydrogens (primary N) is 1. The fourth-order valence-electron chi connectivity index (χ4n) is 1.85. The van der Waals surface area contributed by atoms with Crippen LogP contribution in [0, 0.1) is 12.7 Å². The van der Waals surface area contributed by atoms with Gasteiger partial charge in [0.15, 0.2) is 0 Å². The Balaban J connectivity index is 2.31. The fraction of sp³-hybridized carbons (Fsp3) is 0.357. The third-order valence-electron chi connectivity index (χ3n) is 3.10. The zero-order valence-corrected chi connectivity index (χ0v) is 11.4. The van der Waals surface area contributed by atoms with Crippen molar-refractivity contribution in [2.24, 2.45) is 5.73 Å². The molecule has 1 unspecified atom stereocenters. The van der Waals surface area contributed by atoms with E-state index in [1.54, 1.807) is 24.3 Å². The molecule has 1 heterocycles. The number of hydrogen-bond acceptors (Lipinski definition) is 3. The topological polar surface area (TPSA) is 38.9 Å². The van der Waals surface area contributed by atoms with Gasteiger partial charge >= 0.3 is 0 Å². The minimum absolute atomic E-state index is 0.178. The third-order valence-corrected chi connectivity index (χ3v) is 4.11. The molecule has 0 fully saturated rings. The molecule has 0 amide bonds. The zero-order valence-electron chi connectivity index (χ0n) is 10.6. The van der Waals surface area contributed by atoms with Crippen molar-refractivity contribution < 1.29 is 4.39 Å². The maximum atomic E-state index is 13.2. The Morgan fingerprint density at radius 2 is 2.22 bits per heavy atom. The molecule has 0 saturated heterocycles. The lowest BCUT2D eigenvalue weighted by atomic mass is 10.1. The van der Waals surface area contributed by atoms with Crippen LogP contribution in [-0.2, 0) is 0 Å². The summed E-state index contributed by atoms with van der Waals surface area (Å²) in [5.41, 5.74) is 8.24. The Morgan fingerprint density at radius 1 is 1.44 bits per heavy atom. The standard InChI is InChI=1S/C14H17FN2S/c1-3-10(7-16)14-17-13(8-18-14)11-4-5-12(15)9(2)6-11/h4-6,8,10H,3,7,16H2,1-2H3. The fourth-order valence-corrected chi connectivity index (χ4v) is 2.88. The van der Waals surface area contributed by atoms with Crippen molar-refractivity contribution in [3.05, 3.63) is 40.0 Å². The van der Waals surface area contributed by atoms with Gasteiger partial charge < -0.3 is 5.73 Å². The molecular formula is C14H17FN2S. The van der Waals surface area contributed by atoms with E-state index in [-0.39, 0.29) is 5.82 Å². The van der Waals surface area contributed by atoms with E-state index < -0.39 is 0 Å². The Morgan fingerprint density at radius 3 is 2.83 bits per heavy atom. The van der Waals surface area contributed by atoms with Crippen molar-refractivity contribution in [1.82, 2.24) is 4.98 Å². The first-order chi connectivity index (χ1) is 8.65. The molecule has 1 aromatic carbocycles. The molecule has 2 N–H and O–H groups in total. The third kappa shape index (κ3) is 2.60. The minimum atomic E-state index is -0.178. The van der Waals surface area contributed by atoms with Gasteiger partial charge in [0.2, 0.25) is 0 Å². The van der Waals surface area contributed by atoms with E-state index >= 15 is 0 Å². The predicted molar refractivity (Wildman–Crippen MR) is 74.3 cm³/mol. The number of rotatable bonds is 4. The summed E-state index contributed by atoms with van der Waals surface area (Å²) in [5, 5.41) is 3.08. The normalized spacial score (nSPS) is 12.7. The van der Waals surface area contributed by atoms with Gasteiger partial charge in [0.25, 0.3) is 0 Å². The molecule has 18 heavy (non-hydrogen) atoms. The summed E-state index contributed by atoms with van der Waals surface area (Å²) in [7, 11) is 0. The van der Waals surface area contributed by atoms with Crippen molar-refractivity contribution in [3.63, 3.8) is 0 Å². The lowest BCUT2D eigenvalue weighted by Gasteiger charge is -2.07. The van der Waals surface area contributed by atoms with Gasteiger partial charge in [-0.05, 0) is 37.1 Å². The molecular weight excluding hydrogens is 247 g/mol. The van der Waals surface area contributed by atoms with Gasteiger partial charge in [-0.2, -0.15) is 0 Å². The molecule has 2 rings (SSSR count). The summed E-state index contributed by atoms with van der Waals surface area (Å²) in [6.45, 7) is 4.49. The van der Waals surface area contributed by atoms with Crippen LogP contribution in [0.1, 0.15) is 29.8 Å². The first-order valence-corrected chi connectivity index (χ1v) is 6.95. The van der Waals surface area contributed by atoms with E-state index in [0.29, 0.717) is 18.0 Å². The average molecular weight is 264 g/mol. The van der Waals surface area contributed by atoms with Crippen LogP contribution in [0.5, 0.6) is 0 Å². The van der Waals surface area contributed by atoms with Crippen LogP contribution >= 0.6 is 11.3 Å². The molecule has 96 valence electrons. The van der Waals surface area contributed by atoms with Gasteiger partial charge in [-0.1, -0.05) is 6.92 Å². The van der Waals surface area contributed by atoms with Crippen LogP contribution < -0.4 is 5.73 Å². The highest BCUT2D eigenvalue weighted by Gasteiger charge is 2.13. The maximum absolute atomic E-state index is 13.2. The van der Waals surface area contributed by atoms with Crippen LogP contribution in [-0.4, -0.2) is 11.5 Å². The lowest BCUT2D eigenvalue weighted by molar-refractivity contribution is 0.618. The molecule has 0 spiro atoms. The number of nitrogens with zero attached hydrogens (tertiary/aromatic N) is 1. The maximum Gasteiger partial charge on any atom is 0.126 e. The van der Waals surface area contributed by atoms with Crippen molar-refractivity contribution >= 4 is 11.3 Å². The second kappa shape index (κ2) is 5.59. The van der Waals surface area contributed by atoms with Gasteiger partial charge in [0, 0.05) is 23.4 Å². The Hall–Kier alpha value is -1.26. The van der Waals surface area contributed by atoms with E-state index in [2.05, 4.69) is 11.9 Å². The Kier molecular flexibility index (Phi) is 4.09. The highest BCUT2D eigenvalue weighted by molar-refractivity contribution is 7.10. The van der Waals surface area contributed by atoms with E-state index in [4.69, 9.17) is 5.73 Å². The summed E-state index contributed by atoms with van der Waals surface area (Å²) >= 11 is 1.63. The number of hydrogen-bond donors (Lipinski definition) is 1. The van der Waals surface area contributed by atoms with Gasteiger partial charge in [0.1, 0.15) is 5.82 Å². The number of aromatic nitrogens is 1. The van der Waals surface area contributed by atoms with Crippen LogP contribution in [0.25, 0.3) is 11.3 Å². The summed E-state index contributed by atoms with van der Waals surface area (Å²) in [5.74, 6) is 0.146. The van der Waals surface area contributed by atoms with E-state index in [1.807, 2.05) is 11.4 Å². The van der Waals surface area contributed by atoms with Crippen LogP contribution in [0.4, 0.5) is 4.39 Å². The Labute approximate surface area is 111 Å². The highest BCUT2D eigenvalue weighted by Crippen LogP contribution is 2.28. The largest absolute Gasteiger partial charge is 0.330 e. The number of benzene rings is 1. The van der Waals surface area contributed by atoms with E-state index in [1.165, 1.54) is 6.07 Å². The number of halogens is 1. The molecule has 2 aromatic rings. The molecule has 0 saturated carbocycles. The SMILES string of the molecule is CCC(CN)c1nc(-c2ccc(F)c(C)c2)cs1. The molecule has 4 heteroatoms. The molecule has 2 nitrogen and oxygen atoms in total. The number of thiazole rings is 1. The summed E-state index contributed by atoms with van der Waals surface area (Å²) in [6, 6.07) is 5.09. The molecule has 0 radical (unpaired) electrons. The first kappa shape index (κ1) is 13.2. The zero-order chi connectivity index (χ0) is 13.1. The predicted octanol–water partition coefficient (Wildman–Crippen LogP) is 3.71. The van der Waals surface area contributed by atoms with Crippen LogP contribution in [0.3, 0.4) is 0 Å². The summed E-state index contributed by atoms with van der Waals surface area (Å²) < 4.78 is 13.2. The lowest BCUT2D eigenvalue weighted by Crippen LogP contribution is -2.11. The van der Waals surface area contributed by atoms with Gasteiger partial charge in [-0.25, -0.2) is 9.37 Å². The molecule has 0 aliphatic rings. The molecule has 0 bridgehead atoms. The molecule has 0 aliphatic carbocycles. The summed E-state index contributed by atoms with van der Waals surface area (Å²) in [6.07, 6.45) is 0.992. The molecule has 0 aliphatic heterocycles. The quantitative estimate of drug-likeness (QED) is 0.914. The Bertz CT molecular complexity index is 532. The highest BCUT2D eigenvalue weighted by atomic mass is 32.1. The smallest absolute Gasteiger partial charge is 0.126 e. The van der Waals surface area contributed by atoms with E-state index in [0.717, 1.165) is 22.7 Å². The average Bonchev–Trinajstić information content (AvgIpc) is 2.84. The molecule has 1 aromatic heterocycles.